The normalized spacial score (nSPS) is 11.9. The third kappa shape index (κ3) is 3.62. The fraction of sp³-hybridized carbons (Fsp3) is 0.471. The van der Waals surface area contributed by atoms with Crippen LogP contribution >= 0.6 is 0 Å². The van der Waals surface area contributed by atoms with Crippen LogP contribution in [0.15, 0.2) is 36.7 Å². The molecule has 3 heteroatoms. The van der Waals surface area contributed by atoms with Gasteiger partial charge >= 0.3 is 0 Å². The molecule has 2 aromatic rings. The SMILES string of the molecule is CC(C)Cn1ccnc1Nc1ccc(C(C)(C)C)cc1. The monoisotopic (exact) mass is 271 g/mol. The maximum Gasteiger partial charge on any atom is 0.207 e. The van der Waals surface area contributed by atoms with Crippen LogP contribution in [0.4, 0.5) is 11.6 Å². The van der Waals surface area contributed by atoms with Gasteiger partial charge in [-0.15, -0.1) is 0 Å². The highest BCUT2D eigenvalue weighted by molar-refractivity contribution is 5.54. The van der Waals surface area contributed by atoms with Gasteiger partial charge in [0.25, 0.3) is 0 Å². The van der Waals surface area contributed by atoms with Crippen LogP contribution in [0.2, 0.25) is 0 Å². The molecule has 0 amide bonds. The van der Waals surface area contributed by atoms with Crippen LogP contribution in [-0.4, -0.2) is 9.55 Å². The van der Waals surface area contributed by atoms with E-state index in [0.717, 1.165) is 18.2 Å². The molecule has 108 valence electrons. The third-order valence-corrected chi connectivity index (χ3v) is 3.28. The number of aromatic nitrogens is 2. The first-order valence-corrected chi connectivity index (χ1v) is 7.25. The molecular formula is C17H25N3. The van der Waals surface area contributed by atoms with Gasteiger partial charge in [0.2, 0.25) is 5.95 Å². The molecule has 0 atom stereocenters. The standard InChI is InChI=1S/C17H25N3/c1-13(2)12-20-11-10-18-16(20)19-15-8-6-14(7-9-15)17(3,4)5/h6-11,13H,12H2,1-5H3,(H,18,19). The van der Waals surface area contributed by atoms with E-state index in [1.807, 2.05) is 12.4 Å². The Morgan fingerprint density at radius 3 is 2.35 bits per heavy atom. The minimum absolute atomic E-state index is 0.189. The summed E-state index contributed by atoms with van der Waals surface area (Å²) >= 11 is 0. The number of hydrogen-bond donors (Lipinski definition) is 1. The minimum atomic E-state index is 0.189. The molecule has 0 bridgehead atoms. The summed E-state index contributed by atoms with van der Waals surface area (Å²) in [6.07, 6.45) is 3.86. The lowest BCUT2D eigenvalue weighted by Crippen LogP contribution is -2.11. The van der Waals surface area contributed by atoms with Gasteiger partial charge in [-0.2, -0.15) is 0 Å². The predicted molar refractivity (Wildman–Crippen MR) is 85.5 cm³/mol. The maximum atomic E-state index is 4.39. The second kappa shape index (κ2) is 5.70. The number of anilines is 2. The van der Waals surface area contributed by atoms with E-state index in [0.29, 0.717) is 5.92 Å². The van der Waals surface area contributed by atoms with Gasteiger partial charge in [0, 0.05) is 24.6 Å². The van der Waals surface area contributed by atoms with E-state index in [1.165, 1.54) is 5.56 Å². The minimum Gasteiger partial charge on any atom is -0.326 e. The Morgan fingerprint density at radius 2 is 1.80 bits per heavy atom. The third-order valence-electron chi connectivity index (χ3n) is 3.28. The first kappa shape index (κ1) is 14.6. The molecule has 0 saturated heterocycles. The van der Waals surface area contributed by atoms with Gasteiger partial charge in [-0.05, 0) is 29.0 Å². The van der Waals surface area contributed by atoms with E-state index in [2.05, 4.69) is 73.8 Å². The van der Waals surface area contributed by atoms with E-state index >= 15 is 0 Å². The van der Waals surface area contributed by atoms with Crippen LogP contribution in [-0.2, 0) is 12.0 Å². The number of hydrogen-bond acceptors (Lipinski definition) is 2. The lowest BCUT2D eigenvalue weighted by atomic mass is 9.87. The molecule has 0 unspecified atom stereocenters. The van der Waals surface area contributed by atoms with Gasteiger partial charge in [-0.1, -0.05) is 46.8 Å². The van der Waals surface area contributed by atoms with Crippen molar-refractivity contribution in [2.45, 2.75) is 46.6 Å². The Labute approximate surface area is 122 Å². The molecule has 0 spiro atoms. The highest BCUT2D eigenvalue weighted by atomic mass is 15.2. The van der Waals surface area contributed by atoms with E-state index in [4.69, 9.17) is 0 Å². The van der Waals surface area contributed by atoms with Crippen molar-refractivity contribution in [1.82, 2.24) is 9.55 Å². The zero-order valence-corrected chi connectivity index (χ0v) is 13.1. The molecule has 20 heavy (non-hydrogen) atoms. The summed E-state index contributed by atoms with van der Waals surface area (Å²) in [6, 6.07) is 8.60. The first-order valence-electron chi connectivity index (χ1n) is 7.25. The zero-order chi connectivity index (χ0) is 14.8. The molecular weight excluding hydrogens is 246 g/mol. The predicted octanol–water partition coefficient (Wildman–Crippen LogP) is 4.58. The Bertz CT molecular complexity index is 544. The van der Waals surface area contributed by atoms with Crippen LogP contribution in [0, 0.1) is 5.92 Å². The van der Waals surface area contributed by atoms with Crippen LogP contribution in [0.3, 0.4) is 0 Å². The first-order chi connectivity index (χ1) is 9.36. The summed E-state index contributed by atoms with van der Waals surface area (Å²) in [5.41, 5.74) is 2.61. The van der Waals surface area contributed by atoms with Gasteiger partial charge in [-0.3, -0.25) is 0 Å². The van der Waals surface area contributed by atoms with Crippen LogP contribution in [0.1, 0.15) is 40.2 Å². The van der Waals surface area contributed by atoms with Crippen molar-refractivity contribution < 1.29 is 0 Å². The Morgan fingerprint density at radius 1 is 1.15 bits per heavy atom. The molecule has 0 saturated carbocycles. The second-order valence-electron chi connectivity index (χ2n) is 6.75. The van der Waals surface area contributed by atoms with E-state index in [-0.39, 0.29) is 5.41 Å². The van der Waals surface area contributed by atoms with Crippen molar-refractivity contribution in [2.75, 3.05) is 5.32 Å². The van der Waals surface area contributed by atoms with Crippen molar-refractivity contribution in [3.8, 4) is 0 Å². The van der Waals surface area contributed by atoms with Crippen LogP contribution < -0.4 is 5.32 Å². The van der Waals surface area contributed by atoms with Gasteiger partial charge in [0.1, 0.15) is 0 Å². The molecule has 0 aliphatic carbocycles. The van der Waals surface area contributed by atoms with Crippen LogP contribution in [0.5, 0.6) is 0 Å². The average molecular weight is 271 g/mol. The topological polar surface area (TPSA) is 29.9 Å². The van der Waals surface area contributed by atoms with Crippen molar-refractivity contribution in [3.05, 3.63) is 42.2 Å². The number of rotatable bonds is 4. The number of imidazole rings is 1. The lowest BCUT2D eigenvalue weighted by molar-refractivity contribution is 0.527. The maximum absolute atomic E-state index is 4.39. The van der Waals surface area contributed by atoms with Gasteiger partial charge in [0.05, 0.1) is 0 Å². The zero-order valence-electron chi connectivity index (χ0n) is 13.1. The number of benzene rings is 1. The fourth-order valence-electron chi connectivity index (χ4n) is 2.16. The molecule has 1 aromatic heterocycles. The molecule has 0 aliphatic rings. The quantitative estimate of drug-likeness (QED) is 0.882. The van der Waals surface area contributed by atoms with Crippen molar-refractivity contribution >= 4 is 11.6 Å². The van der Waals surface area contributed by atoms with E-state index < -0.39 is 0 Å². The molecule has 2 rings (SSSR count). The highest BCUT2D eigenvalue weighted by Gasteiger charge is 2.13. The Hall–Kier alpha value is -1.77. The molecule has 0 radical (unpaired) electrons. The summed E-state index contributed by atoms with van der Waals surface area (Å²) in [7, 11) is 0. The number of nitrogens with zero attached hydrogens (tertiary/aromatic N) is 2. The summed E-state index contributed by atoms with van der Waals surface area (Å²) in [5.74, 6) is 1.51. The van der Waals surface area contributed by atoms with Gasteiger partial charge in [0.15, 0.2) is 0 Å². The fourth-order valence-corrected chi connectivity index (χ4v) is 2.16. The Kier molecular flexibility index (Phi) is 4.17. The Balaban J connectivity index is 2.13. The largest absolute Gasteiger partial charge is 0.326 e. The lowest BCUT2D eigenvalue weighted by Gasteiger charge is -2.19. The molecule has 3 nitrogen and oxygen atoms in total. The number of nitrogens with one attached hydrogen (secondary N) is 1. The second-order valence-corrected chi connectivity index (χ2v) is 6.75. The molecule has 1 N–H and O–H groups in total. The van der Waals surface area contributed by atoms with E-state index in [9.17, 15) is 0 Å². The van der Waals surface area contributed by atoms with E-state index in [1.54, 1.807) is 0 Å². The molecule has 1 heterocycles. The smallest absolute Gasteiger partial charge is 0.207 e. The summed E-state index contributed by atoms with van der Waals surface area (Å²) < 4.78 is 2.16. The van der Waals surface area contributed by atoms with Crippen LogP contribution in [0.25, 0.3) is 0 Å². The van der Waals surface area contributed by atoms with Gasteiger partial charge in [-0.25, -0.2) is 4.98 Å². The van der Waals surface area contributed by atoms with Crippen molar-refractivity contribution in [3.63, 3.8) is 0 Å². The molecule has 0 fully saturated rings. The summed E-state index contributed by atoms with van der Waals surface area (Å²) in [5, 5.41) is 3.39. The summed E-state index contributed by atoms with van der Waals surface area (Å²) in [4.78, 5) is 4.39. The van der Waals surface area contributed by atoms with Crippen molar-refractivity contribution in [2.24, 2.45) is 5.92 Å². The average Bonchev–Trinajstić information content (AvgIpc) is 2.75. The summed E-state index contributed by atoms with van der Waals surface area (Å²) in [6.45, 7) is 12.1. The van der Waals surface area contributed by atoms with Crippen molar-refractivity contribution in [1.29, 1.82) is 0 Å². The van der Waals surface area contributed by atoms with Gasteiger partial charge < -0.3 is 9.88 Å². The molecule has 0 aliphatic heterocycles. The highest BCUT2D eigenvalue weighted by Crippen LogP contribution is 2.24. The molecule has 1 aromatic carbocycles.